The molecule has 3 aromatic rings. The van der Waals surface area contributed by atoms with Crippen LogP contribution in [-0.2, 0) is 17.7 Å². The minimum atomic E-state index is -0.311. The Morgan fingerprint density at radius 2 is 1.51 bits per heavy atom. The van der Waals surface area contributed by atoms with Crippen LogP contribution in [0.1, 0.15) is 42.2 Å². The van der Waals surface area contributed by atoms with Crippen LogP contribution in [0.2, 0.25) is 0 Å². The molecule has 0 aliphatic carbocycles. The van der Waals surface area contributed by atoms with E-state index in [0.717, 1.165) is 45.0 Å². The van der Waals surface area contributed by atoms with E-state index in [-0.39, 0.29) is 24.3 Å². The smallest absolute Gasteiger partial charge is 0.261 e. The number of morpholine rings is 1. The van der Waals surface area contributed by atoms with E-state index >= 15 is 0 Å². The number of amides is 3. The maximum Gasteiger partial charge on any atom is 0.261 e. The van der Waals surface area contributed by atoms with Gasteiger partial charge >= 0.3 is 0 Å². The molecule has 0 aromatic heterocycles. The summed E-state index contributed by atoms with van der Waals surface area (Å²) in [6.07, 6.45) is 0.952. The van der Waals surface area contributed by atoms with Gasteiger partial charge < -0.3 is 10.1 Å². The van der Waals surface area contributed by atoms with Crippen molar-refractivity contribution in [2.24, 2.45) is 0 Å². The number of carbonyl (C=O) groups is 3. The first kappa shape index (κ1) is 23.0. The quantitative estimate of drug-likeness (QED) is 0.535. The predicted octanol–water partition coefficient (Wildman–Crippen LogP) is 3.61. The van der Waals surface area contributed by atoms with Gasteiger partial charge in [0.2, 0.25) is 0 Å². The zero-order valence-electron chi connectivity index (χ0n) is 19.4. The zero-order chi connectivity index (χ0) is 24.2. The van der Waals surface area contributed by atoms with Gasteiger partial charge in [-0.25, -0.2) is 0 Å². The van der Waals surface area contributed by atoms with E-state index in [1.807, 2.05) is 30.3 Å². The van der Waals surface area contributed by atoms with Crippen molar-refractivity contribution in [2.75, 3.05) is 38.2 Å². The number of nitrogens with one attached hydrogen (secondary N) is 1. The van der Waals surface area contributed by atoms with E-state index in [2.05, 4.69) is 10.2 Å². The fraction of sp³-hybridized carbons (Fsp3) is 0.250. The summed E-state index contributed by atoms with van der Waals surface area (Å²) in [6, 6.07) is 21.7. The lowest BCUT2D eigenvalue weighted by molar-refractivity contribution is 0.0384. The van der Waals surface area contributed by atoms with E-state index in [1.165, 1.54) is 10.5 Å². The molecule has 0 atom stereocenters. The highest BCUT2D eigenvalue weighted by molar-refractivity contribution is 6.21. The van der Waals surface area contributed by atoms with Crippen LogP contribution < -0.4 is 5.32 Å². The average molecular weight is 470 g/mol. The molecule has 0 saturated carbocycles. The highest BCUT2D eigenvalue weighted by atomic mass is 16.5. The van der Waals surface area contributed by atoms with Gasteiger partial charge in [0.1, 0.15) is 0 Å². The Bertz CT molecular complexity index is 1210. The summed E-state index contributed by atoms with van der Waals surface area (Å²) in [5.74, 6) is -0.862. The third-order valence-electron chi connectivity index (χ3n) is 6.44. The molecule has 7 heteroatoms. The SMILES string of the molecule is O=C(Nc1ccc(CCN2CCOCC2)cc1)c1cccc(CN2C(=O)c3ccccc3C2=O)c1. The minimum Gasteiger partial charge on any atom is -0.379 e. The summed E-state index contributed by atoms with van der Waals surface area (Å²) in [7, 11) is 0. The van der Waals surface area contributed by atoms with Gasteiger partial charge in [-0.05, 0) is 53.9 Å². The molecule has 3 aromatic carbocycles. The minimum absolute atomic E-state index is 0.116. The van der Waals surface area contributed by atoms with Crippen LogP contribution in [-0.4, -0.2) is 60.4 Å². The molecule has 0 spiro atoms. The van der Waals surface area contributed by atoms with Gasteiger partial charge in [0.05, 0.1) is 30.9 Å². The van der Waals surface area contributed by atoms with Crippen LogP contribution in [0.15, 0.2) is 72.8 Å². The van der Waals surface area contributed by atoms with E-state index in [9.17, 15) is 14.4 Å². The lowest BCUT2D eigenvalue weighted by atomic mass is 10.1. The molecule has 1 saturated heterocycles. The van der Waals surface area contributed by atoms with Crippen molar-refractivity contribution >= 4 is 23.4 Å². The summed E-state index contributed by atoms with van der Waals surface area (Å²) in [4.78, 5) is 41.8. The molecule has 7 nitrogen and oxygen atoms in total. The predicted molar refractivity (Wildman–Crippen MR) is 132 cm³/mol. The van der Waals surface area contributed by atoms with Crippen molar-refractivity contribution in [2.45, 2.75) is 13.0 Å². The van der Waals surface area contributed by atoms with Crippen molar-refractivity contribution < 1.29 is 19.1 Å². The lowest BCUT2D eigenvalue weighted by Gasteiger charge is -2.26. The molecule has 0 bridgehead atoms. The summed E-state index contributed by atoms with van der Waals surface area (Å²) in [5.41, 5.74) is 3.95. The van der Waals surface area contributed by atoms with E-state index in [1.54, 1.807) is 42.5 Å². The standard InChI is InChI=1S/C28H27N3O4/c32-26(29-23-10-8-20(9-11-23)12-13-30-14-16-35-17-15-30)22-5-3-4-21(18-22)19-31-27(33)24-6-1-2-7-25(24)28(31)34/h1-11,18H,12-17,19H2,(H,29,32). The molecule has 178 valence electrons. The Morgan fingerprint density at radius 1 is 0.829 bits per heavy atom. The maximum absolute atomic E-state index is 12.9. The van der Waals surface area contributed by atoms with Crippen molar-refractivity contribution in [3.05, 3.63) is 101 Å². The maximum atomic E-state index is 12.9. The third kappa shape index (κ3) is 5.16. The number of carbonyl (C=O) groups excluding carboxylic acids is 3. The number of benzene rings is 3. The second kappa shape index (κ2) is 10.2. The van der Waals surface area contributed by atoms with Crippen LogP contribution in [0.4, 0.5) is 5.69 Å². The molecule has 2 heterocycles. The second-order valence-electron chi connectivity index (χ2n) is 8.80. The van der Waals surface area contributed by atoms with Gasteiger partial charge in [-0.2, -0.15) is 0 Å². The monoisotopic (exact) mass is 469 g/mol. The number of rotatable bonds is 7. The first-order valence-electron chi connectivity index (χ1n) is 11.8. The molecule has 1 N–H and O–H groups in total. The molecule has 0 unspecified atom stereocenters. The number of imide groups is 1. The van der Waals surface area contributed by atoms with Gasteiger partial charge in [0, 0.05) is 30.9 Å². The first-order valence-corrected chi connectivity index (χ1v) is 11.8. The highest BCUT2D eigenvalue weighted by Gasteiger charge is 2.35. The molecular weight excluding hydrogens is 442 g/mol. The summed E-state index contributed by atoms with van der Waals surface area (Å²) in [5, 5.41) is 2.93. The summed E-state index contributed by atoms with van der Waals surface area (Å²) in [6.45, 7) is 4.65. The number of fused-ring (bicyclic) bond motifs is 1. The second-order valence-corrected chi connectivity index (χ2v) is 8.80. The van der Waals surface area contributed by atoms with Crippen LogP contribution in [0.25, 0.3) is 0 Å². The van der Waals surface area contributed by atoms with Crippen molar-refractivity contribution in [1.29, 1.82) is 0 Å². The van der Waals surface area contributed by atoms with Gasteiger partial charge in [0.15, 0.2) is 0 Å². The van der Waals surface area contributed by atoms with Crippen LogP contribution in [0, 0.1) is 0 Å². The highest BCUT2D eigenvalue weighted by Crippen LogP contribution is 2.24. The Kier molecular flexibility index (Phi) is 6.70. The third-order valence-corrected chi connectivity index (χ3v) is 6.44. The fourth-order valence-corrected chi connectivity index (χ4v) is 4.45. The van der Waals surface area contributed by atoms with E-state index in [0.29, 0.717) is 22.3 Å². The van der Waals surface area contributed by atoms with Gasteiger partial charge in [0.25, 0.3) is 17.7 Å². The van der Waals surface area contributed by atoms with Crippen LogP contribution in [0.5, 0.6) is 0 Å². The number of ether oxygens (including phenoxy) is 1. The van der Waals surface area contributed by atoms with Crippen molar-refractivity contribution in [3.63, 3.8) is 0 Å². The van der Waals surface area contributed by atoms with Gasteiger partial charge in [-0.1, -0.05) is 36.4 Å². The van der Waals surface area contributed by atoms with E-state index in [4.69, 9.17) is 4.74 Å². The molecule has 35 heavy (non-hydrogen) atoms. The molecule has 3 amide bonds. The van der Waals surface area contributed by atoms with Crippen molar-refractivity contribution in [3.8, 4) is 0 Å². The molecule has 2 aliphatic rings. The number of hydrogen-bond acceptors (Lipinski definition) is 5. The molecular formula is C28H27N3O4. The Labute approximate surface area is 204 Å². The number of hydrogen-bond donors (Lipinski definition) is 1. The largest absolute Gasteiger partial charge is 0.379 e. The molecule has 2 aliphatic heterocycles. The van der Waals surface area contributed by atoms with Gasteiger partial charge in [-0.15, -0.1) is 0 Å². The Morgan fingerprint density at radius 3 is 2.20 bits per heavy atom. The van der Waals surface area contributed by atoms with Crippen LogP contribution in [0.3, 0.4) is 0 Å². The number of nitrogens with zero attached hydrogens (tertiary/aromatic N) is 2. The first-order chi connectivity index (χ1) is 17.1. The lowest BCUT2D eigenvalue weighted by Crippen LogP contribution is -2.37. The normalized spacial score (nSPS) is 15.8. The van der Waals surface area contributed by atoms with Gasteiger partial charge in [-0.3, -0.25) is 24.2 Å². The average Bonchev–Trinajstić information content (AvgIpc) is 3.14. The van der Waals surface area contributed by atoms with Crippen LogP contribution >= 0.6 is 0 Å². The summed E-state index contributed by atoms with van der Waals surface area (Å²) >= 11 is 0. The summed E-state index contributed by atoms with van der Waals surface area (Å²) < 4.78 is 5.39. The fourth-order valence-electron chi connectivity index (χ4n) is 4.45. The Hall–Kier alpha value is -3.81. The van der Waals surface area contributed by atoms with Crippen molar-refractivity contribution in [1.82, 2.24) is 9.80 Å². The zero-order valence-corrected chi connectivity index (χ0v) is 19.4. The Balaban J connectivity index is 1.19. The molecule has 5 rings (SSSR count). The topological polar surface area (TPSA) is 79.0 Å². The molecule has 1 fully saturated rings. The molecule has 0 radical (unpaired) electrons. The number of anilines is 1. The van der Waals surface area contributed by atoms with E-state index < -0.39 is 0 Å².